The molecular weight excluding hydrogens is 289 g/mol. The van der Waals surface area contributed by atoms with Gasteiger partial charge in [0.2, 0.25) is 0 Å². The van der Waals surface area contributed by atoms with Crippen molar-refractivity contribution in [3.8, 4) is 11.5 Å². The first-order valence-electron chi connectivity index (χ1n) is 7.07. The first-order valence-corrected chi connectivity index (χ1v) is 7.45. The largest absolute Gasteiger partial charge is 0.454 e. The Bertz CT molecular complexity index is 655. The highest BCUT2D eigenvalue weighted by Gasteiger charge is 2.21. The second-order valence-electron chi connectivity index (χ2n) is 5.44. The van der Waals surface area contributed by atoms with E-state index in [-0.39, 0.29) is 11.6 Å². The van der Waals surface area contributed by atoms with Crippen LogP contribution in [-0.4, -0.2) is 6.04 Å². The summed E-state index contributed by atoms with van der Waals surface area (Å²) in [5.41, 5.74) is 1.90. The minimum Gasteiger partial charge on any atom is -0.454 e. The number of hydrogen-bond donors (Lipinski definition) is 1. The van der Waals surface area contributed by atoms with Crippen molar-refractivity contribution in [2.45, 2.75) is 32.4 Å². The van der Waals surface area contributed by atoms with Gasteiger partial charge < -0.3 is 10.1 Å². The molecule has 3 rings (SSSR count). The normalized spacial score (nSPS) is 14.2. The van der Waals surface area contributed by atoms with Gasteiger partial charge in [-0.05, 0) is 55.7 Å². The van der Waals surface area contributed by atoms with Gasteiger partial charge in [-0.2, -0.15) is 0 Å². The molecule has 1 N–H and O–H groups in total. The summed E-state index contributed by atoms with van der Waals surface area (Å²) >= 11 is 6.05. The Kier molecular flexibility index (Phi) is 4.13. The quantitative estimate of drug-likeness (QED) is 0.854. The molecule has 4 heteroatoms. The van der Waals surface area contributed by atoms with Crippen LogP contribution in [0.3, 0.4) is 0 Å². The highest BCUT2D eigenvalue weighted by molar-refractivity contribution is 6.30. The third kappa shape index (κ3) is 3.74. The Hall–Kier alpha value is -1.58. The van der Waals surface area contributed by atoms with Gasteiger partial charge in [-0.25, -0.2) is 4.39 Å². The first kappa shape index (κ1) is 14.4. The zero-order valence-corrected chi connectivity index (χ0v) is 12.6. The second-order valence-corrected chi connectivity index (χ2v) is 5.88. The lowest BCUT2D eigenvalue weighted by Crippen LogP contribution is -2.15. The molecule has 110 valence electrons. The number of aryl methyl sites for hydroxylation is 1. The molecule has 1 fully saturated rings. The first-order chi connectivity index (χ1) is 10.1. The maximum absolute atomic E-state index is 13.8. The zero-order chi connectivity index (χ0) is 14.8. The molecule has 1 aliphatic rings. The standard InChI is InChI=1S/C17H17ClFNO/c1-11-2-6-15(19)17(8-11)21-16-7-3-13(18)9-12(16)10-20-14-4-5-14/h2-3,6-9,14,20H,4-5,10H2,1H3. The zero-order valence-electron chi connectivity index (χ0n) is 11.8. The summed E-state index contributed by atoms with van der Waals surface area (Å²) in [5, 5.41) is 4.07. The van der Waals surface area contributed by atoms with Gasteiger partial charge >= 0.3 is 0 Å². The Balaban J connectivity index is 1.84. The van der Waals surface area contributed by atoms with Gasteiger partial charge in [-0.15, -0.1) is 0 Å². The molecule has 0 radical (unpaired) electrons. The van der Waals surface area contributed by atoms with E-state index in [1.807, 2.05) is 13.0 Å². The van der Waals surface area contributed by atoms with Crippen LogP contribution in [0.25, 0.3) is 0 Å². The lowest BCUT2D eigenvalue weighted by molar-refractivity contribution is 0.435. The summed E-state index contributed by atoms with van der Waals surface area (Å²) in [4.78, 5) is 0. The van der Waals surface area contributed by atoms with Crippen LogP contribution in [0.2, 0.25) is 5.02 Å². The Labute approximate surface area is 128 Å². The van der Waals surface area contributed by atoms with Gasteiger partial charge in [0.15, 0.2) is 11.6 Å². The number of hydrogen-bond acceptors (Lipinski definition) is 2. The van der Waals surface area contributed by atoms with Crippen molar-refractivity contribution in [1.29, 1.82) is 0 Å². The van der Waals surface area contributed by atoms with Crippen LogP contribution in [0.5, 0.6) is 11.5 Å². The molecule has 0 aliphatic heterocycles. The van der Waals surface area contributed by atoms with Crippen LogP contribution in [0.1, 0.15) is 24.0 Å². The van der Waals surface area contributed by atoms with Gasteiger partial charge in [0.25, 0.3) is 0 Å². The van der Waals surface area contributed by atoms with Crippen molar-refractivity contribution >= 4 is 11.6 Å². The molecule has 21 heavy (non-hydrogen) atoms. The van der Waals surface area contributed by atoms with Crippen LogP contribution in [0.15, 0.2) is 36.4 Å². The summed E-state index contributed by atoms with van der Waals surface area (Å²) in [5.74, 6) is 0.513. The number of benzene rings is 2. The number of halogens is 2. The molecule has 0 saturated heterocycles. The summed E-state index contributed by atoms with van der Waals surface area (Å²) < 4.78 is 19.6. The maximum Gasteiger partial charge on any atom is 0.165 e. The average molecular weight is 306 g/mol. The highest BCUT2D eigenvalue weighted by Crippen LogP contribution is 2.31. The van der Waals surface area contributed by atoms with E-state index in [0.29, 0.717) is 23.4 Å². The predicted molar refractivity (Wildman–Crippen MR) is 82.5 cm³/mol. The van der Waals surface area contributed by atoms with E-state index in [1.54, 1.807) is 24.3 Å². The number of nitrogens with one attached hydrogen (secondary N) is 1. The molecule has 0 aromatic heterocycles. The minimum atomic E-state index is -0.364. The Morgan fingerprint density at radius 2 is 2.00 bits per heavy atom. The average Bonchev–Trinajstić information content (AvgIpc) is 3.27. The smallest absolute Gasteiger partial charge is 0.165 e. The monoisotopic (exact) mass is 305 g/mol. The third-order valence-corrected chi connectivity index (χ3v) is 3.72. The lowest BCUT2D eigenvalue weighted by atomic mass is 10.2. The fourth-order valence-corrected chi connectivity index (χ4v) is 2.33. The summed E-state index contributed by atoms with van der Waals surface area (Å²) in [6.07, 6.45) is 2.42. The molecule has 0 heterocycles. The van der Waals surface area contributed by atoms with Gasteiger partial charge in [0.05, 0.1) is 0 Å². The molecule has 0 amide bonds. The molecule has 0 unspecified atom stereocenters. The van der Waals surface area contributed by atoms with Crippen LogP contribution in [-0.2, 0) is 6.54 Å². The van der Waals surface area contributed by atoms with E-state index in [0.717, 1.165) is 11.1 Å². The van der Waals surface area contributed by atoms with E-state index in [4.69, 9.17) is 16.3 Å². The van der Waals surface area contributed by atoms with Gasteiger partial charge in [-0.3, -0.25) is 0 Å². The van der Waals surface area contributed by atoms with Crippen molar-refractivity contribution in [1.82, 2.24) is 5.32 Å². The molecule has 1 saturated carbocycles. The maximum atomic E-state index is 13.8. The Morgan fingerprint density at radius 3 is 2.76 bits per heavy atom. The second kappa shape index (κ2) is 6.04. The van der Waals surface area contributed by atoms with Gasteiger partial charge in [0.1, 0.15) is 5.75 Å². The fraction of sp³-hybridized carbons (Fsp3) is 0.294. The van der Waals surface area contributed by atoms with E-state index < -0.39 is 0 Å². The van der Waals surface area contributed by atoms with E-state index in [1.165, 1.54) is 18.9 Å². The van der Waals surface area contributed by atoms with Crippen molar-refractivity contribution < 1.29 is 9.13 Å². The molecule has 2 nitrogen and oxygen atoms in total. The minimum absolute atomic E-state index is 0.241. The summed E-state index contributed by atoms with van der Waals surface area (Å²) in [6.45, 7) is 2.58. The molecule has 2 aromatic carbocycles. The van der Waals surface area contributed by atoms with E-state index >= 15 is 0 Å². The van der Waals surface area contributed by atoms with Crippen molar-refractivity contribution in [2.75, 3.05) is 0 Å². The van der Waals surface area contributed by atoms with Crippen molar-refractivity contribution in [3.63, 3.8) is 0 Å². The van der Waals surface area contributed by atoms with Gasteiger partial charge in [0, 0.05) is 23.2 Å². The lowest BCUT2D eigenvalue weighted by Gasteiger charge is -2.13. The van der Waals surface area contributed by atoms with Crippen LogP contribution < -0.4 is 10.1 Å². The molecular formula is C17H17ClFNO. The molecule has 0 bridgehead atoms. The Morgan fingerprint density at radius 1 is 1.19 bits per heavy atom. The number of ether oxygens (including phenoxy) is 1. The third-order valence-electron chi connectivity index (χ3n) is 3.49. The summed E-state index contributed by atoms with van der Waals surface area (Å²) in [7, 11) is 0. The van der Waals surface area contributed by atoms with E-state index in [2.05, 4.69) is 5.32 Å². The van der Waals surface area contributed by atoms with Crippen LogP contribution in [0, 0.1) is 12.7 Å². The van der Waals surface area contributed by atoms with Crippen LogP contribution in [0.4, 0.5) is 4.39 Å². The highest BCUT2D eigenvalue weighted by atomic mass is 35.5. The fourth-order valence-electron chi connectivity index (χ4n) is 2.13. The summed E-state index contributed by atoms with van der Waals surface area (Å²) in [6, 6.07) is 10.8. The molecule has 0 spiro atoms. The van der Waals surface area contributed by atoms with Crippen molar-refractivity contribution in [2.24, 2.45) is 0 Å². The predicted octanol–water partition coefficient (Wildman–Crippen LogP) is 4.83. The van der Waals surface area contributed by atoms with Crippen molar-refractivity contribution in [3.05, 3.63) is 58.4 Å². The van der Waals surface area contributed by atoms with E-state index in [9.17, 15) is 4.39 Å². The molecule has 0 atom stereocenters. The SMILES string of the molecule is Cc1ccc(F)c(Oc2ccc(Cl)cc2CNC2CC2)c1. The molecule has 2 aromatic rings. The van der Waals surface area contributed by atoms with Crippen LogP contribution >= 0.6 is 11.6 Å². The topological polar surface area (TPSA) is 21.3 Å². The molecule has 1 aliphatic carbocycles. The number of rotatable bonds is 5. The van der Waals surface area contributed by atoms with Gasteiger partial charge in [-0.1, -0.05) is 17.7 Å².